The van der Waals surface area contributed by atoms with Crippen molar-refractivity contribution in [3.63, 3.8) is 0 Å². The third kappa shape index (κ3) is 4.35. The Morgan fingerprint density at radius 3 is 2.35 bits per heavy atom. The van der Waals surface area contributed by atoms with Crippen LogP contribution in [-0.4, -0.2) is 14.7 Å². The molecule has 3 nitrogen and oxygen atoms in total. The third-order valence-electron chi connectivity index (χ3n) is 5.34. The van der Waals surface area contributed by atoms with Crippen molar-refractivity contribution in [2.24, 2.45) is 4.99 Å². The summed E-state index contributed by atoms with van der Waals surface area (Å²) in [5.74, 6) is 0. The van der Waals surface area contributed by atoms with Gasteiger partial charge in [-0.2, -0.15) is 0 Å². The van der Waals surface area contributed by atoms with Crippen molar-refractivity contribution in [1.29, 1.82) is 0 Å². The number of aromatic nitrogens is 2. The van der Waals surface area contributed by atoms with Gasteiger partial charge in [-0.15, -0.1) is 0 Å². The fourth-order valence-corrected chi connectivity index (χ4v) is 4.71. The summed E-state index contributed by atoms with van der Waals surface area (Å²) in [6.45, 7) is 10.5. The first kappa shape index (κ1) is 21.1. The van der Waals surface area contributed by atoms with E-state index in [9.17, 15) is 0 Å². The standard InChI is InChI=1S/C27H27N3S/c1-6-25(22-10-8-7-9-11-22)29-20(4)26-21(5)30(27-24(26)16-19(3)17-28-27)31-23-14-12-18(2)13-15-23/h6-17H,1-5H3/b25-6-,29-20+. The van der Waals surface area contributed by atoms with E-state index in [4.69, 9.17) is 9.98 Å². The number of fused-ring (bicyclic) bond motifs is 1. The molecule has 0 saturated heterocycles. The van der Waals surface area contributed by atoms with E-state index in [0.717, 1.165) is 44.8 Å². The van der Waals surface area contributed by atoms with Gasteiger partial charge in [0.25, 0.3) is 0 Å². The van der Waals surface area contributed by atoms with Gasteiger partial charge in [0.2, 0.25) is 0 Å². The Kier molecular flexibility index (Phi) is 6.10. The molecule has 0 N–H and O–H groups in total. The number of aryl methyl sites for hydroxylation is 2. The van der Waals surface area contributed by atoms with E-state index < -0.39 is 0 Å². The average molecular weight is 426 g/mol. The second-order valence-corrected chi connectivity index (χ2v) is 8.80. The minimum atomic E-state index is 0.972. The normalized spacial score (nSPS) is 12.5. The van der Waals surface area contributed by atoms with Gasteiger partial charge in [0, 0.05) is 33.4 Å². The second kappa shape index (κ2) is 8.94. The molecule has 4 rings (SSSR count). The molecule has 4 heteroatoms. The molecule has 0 amide bonds. The molecule has 0 bridgehead atoms. The van der Waals surface area contributed by atoms with Crippen molar-refractivity contribution in [2.75, 3.05) is 0 Å². The lowest BCUT2D eigenvalue weighted by molar-refractivity contribution is 1.16. The summed E-state index contributed by atoms with van der Waals surface area (Å²) in [6.07, 6.45) is 4.00. The number of nitrogens with zero attached hydrogens (tertiary/aromatic N) is 3. The molecule has 0 atom stereocenters. The summed E-state index contributed by atoms with van der Waals surface area (Å²) in [6, 6.07) is 21.1. The number of hydrogen-bond acceptors (Lipinski definition) is 3. The van der Waals surface area contributed by atoms with Crippen LogP contribution in [0.1, 0.15) is 41.8 Å². The van der Waals surface area contributed by atoms with Crippen molar-refractivity contribution in [3.05, 3.63) is 101 Å². The average Bonchev–Trinajstić information content (AvgIpc) is 3.04. The van der Waals surface area contributed by atoms with Gasteiger partial charge in [-0.1, -0.05) is 54.1 Å². The van der Waals surface area contributed by atoms with Crippen LogP contribution in [0, 0.1) is 20.8 Å². The lowest BCUT2D eigenvalue weighted by Crippen LogP contribution is -1.99. The molecule has 0 unspecified atom stereocenters. The highest BCUT2D eigenvalue weighted by molar-refractivity contribution is 7.98. The van der Waals surface area contributed by atoms with Crippen molar-refractivity contribution in [3.8, 4) is 0 Å². The maximum Gasteiger partial charge on any atom is 0.151 e. The Morgan fingerprint density at radius 2 is 1.68 bits per heavy atom. The number of allylic oxidation sites excluding steroid dienone is 1. The molecule has 0 spiro atoms. The molecule has 0 radical (unpaired) electrons. The van der Waals surface area contributed by atoms with Crippen molar-refractivity contribution >= 4 is 34.4 Å². The van der Waals surface area contributed by atoms with E-state index in [0.29, 0.717) is 0 Å². The monoisotopic (exact) mass is 425 g/mol. The van der Waals surface area contributed by atoms with Crippen LogP contribution in [0.2, 0.25) is 0 Å². The number of hydrogen-bond donors (Lipinski definition) is 0. The van der Waals surface area contributed by atoms with Crippen LogP contribution < -0.4 is 0 Å². The van der Waals surface area contributed by atoms with Gasteiger partial charge in [-0.25, -0.2) is 4.98 Å². The Balaban J connectivity index is 1.84. The Bertz CT molecular complexity index is 1280. The zero-order chi connectivity index (χ0) is 22.0. The fourth-order valence-electron chi connectivity index (χ4n) is 3.78. The maximum absolute atomic E-state index is 5.04. The van der Waals surface area contributed by atoms with Crippen molar-refractivity contribution in [1.82, 2.24) is 8.96 Å². The van der Waals surface area contributed by atoms with Gasteiger partial charge in [0.1, 0.15) is 0 Å². The van der Waals surface area contributed by atoms with Crippen molar-refractivity contribution in [2.45, 2.75) is 39.5 Å². The summed E-state index contributed by atoms with van der Waals surface area (Å²) in [7, 11) is 0. The molecule has 2 aromatic heterocycles. The summed E-state index contributed by atoms with van der Waals surface area (Å²) in [5.41, 5.74) is 8.78. The van der Waals surface area contributed by atoms with E-state index in [1.807, 2.05) is 31.3 Å². The minimum Gasteiger partial charge on any atom is -0.267 e. The topological polar surface area (TPSA) is 30.2 Å². The van der Waals surface area contributed by atoms with Gasteiger partial charge in [-0.05, 0) is 75.9 Å². The van der Waals surface area contributed by atoms with Gasteiger partial charge >= 0.3 is 0 Å². The molecule has 0 aliphatic rings. The summed E-state index contributed by atoms with van der Waals surface area (Å²) in [5, 5.41) is 1.14. The fraction of sp³-hybridized carbons (Fsp3) is 0.185. The van der Waals surface area contributed by atoms with E-state index in [-0.39, 0.29) is 0 Å². The molecule has 0 saturated carbocycles. The van der Waals surface area contributed by atoms with Gasteiger partial charge < -0.3 is 0 Å². The Hall–Kier alpha value is -3.11. The van der Waals surface area contributed by atoms with Crippen LogP contribution in [0.3, 0.4) is 0 Å². The first-order valence-corrected chi connectivity index (χ1v) is 11.3. The van der Waals surface area contributed by atoms with Crippen LogP contribution in [0.5, 0.6) is 0 Å². The smallest absolute Gasteiger partial charge is 0.151 e. The van der Waals surface area contributed by atoms with Gasteiger partial charge in [0.05, 0.1) is 5.70 Å². The lowest BCUT2D eigenvalue weighted by Gasteiger charge is -2.08. The van der Waals surface area contributed by atoms with E-state index >= 15 is 0 Å². The number of pyridine rings is 1. The maximum atomic E-state index is 5.04. The van der Waals surface area contributed by atoms with Crippen LogP contribution in [0.4, 0.5) is 0 Å². The van der Waals surface area contributed by atoms with Gasteiger partial charge in [-0.3, -0.25) is 8.96 Å². The summed E-state index contributed by atoms with van der Waals surface area (Å²) >= 11 is 1.70. The quantitative estimate of drug-likeness (QED) is 0.312. The molecule has 156 valence electrons. The summed E-state index contributed by atoms with van der Waals surface area (Å²) < 4.78 is 2.23. The number of rotatable bonds is 5. The Labute approximate surface area is 188 Å². The number of aliphatic imine (C=N–C) groups is 1. The first-order valence-electron chi connectivity index (χ1n) is 10.5. The first-order chi connectivity index (χ1) is 15.0. The predicted octanol–water partition coefficient (Wildman–Crippen LogP) is 7.39. The highest BCUT2D eigenvalue weighted by Crippen LogP contribution is 2.33. The van der Waals surface area contributed by atoms with Gasteiger partial charge in [0.15, 0.2) is 5.65 Å². The molecule has 2 aromatic carbocycles. The van der Waals surface area contributed by atoms with E-state index in [2.05, 4.69) is 80.2 Å². The molecule has 31 heavy (non-hydrogen) atoms. The largest absolute Gasteiger partial charge is 0.267 e. The summed E-state index contributed by atoms with van der Waals surface area (Å²) in [4.78, 5) is 11.0. The van der Waals surface area contributed by atoms with Crippen molar-refractivity contribution < 1.29 is 0 Å². The molecular formula is C27H27N3S. The van der Waals surface area contributed by atoms with Crippen LogP contribution in [0.15, 0.2) is 82.8 Å². The predicted molar refractivity (Wildman–Crippen MR) is 134 cm³/mol. The van der Waals surface area contributed by atoms with Crippen LogP contribution in [0.25, 0.3) is 16.7 Å². The molecule has 2 heterocycles. The molecule has 0 aliphatic carbocycles. The highest BCUT2D eigenvalue weighted by atomic mass is 32.2. The minimum absolute atomic E-state index is 0.972. The highest BCUT2D eigenvalue weighted by Gasteiger charge is 2.19. The molecular weight excluding hydrogens is 398 g/mol. The third-order valence-corrected chi connectivity index (χ3v) is 6.45. The lowest BCUT2D eigenvalue weighted by atomic mass is 10.1. The number of benzene rings is 2. The van der Waals surface area contributed by atoms with Crippen LogP contribution >= 0.6 is 11.9 Å². The molecule has 0 fully saturated rings. The zero-order valence-electron chi connectivity index (χ0n) is 18.7. The Morgan fingerprint density at radius 1 is 0.968 bits per heavy atom. The van der Waals surface area contributed by atoms with Crippen LogP contribution in [-0.2, 0) is 0 Å². The zero-order valence-corrected chi connectivity index (χ0v) is 19.5. The SMILES string of the molecule is C/C=C(\N=C(/C)c1c(C)n(Sc2ccc(C)cc2)c2ncc(C)cc12)c1ccccc1. The van der Waals surface area contributed by atoms with E-state index in [1.54, 1.807) is 11.9 Å². The van der Waals surface area contributed by atoms with E-state index in [1.165, 1.54) is 10.5 Å². The molecule has 4 aromatic rings. The second-order valence-electron chi connectivity index (χ2n) is 7.78. The molecule has 0 aliphatic heterocycles.